The lowest BCUT2D eigenvalue weighted by atomic mass is 10.1. The summed E-state index contributed by atoms with van der Waals surface area (Å²) in [5.74, 6) is 0.165. The molecular formula is C65H50N20O11S4. The molecule has 4 aliphatic rings. The molecule has 0 radical (unpaired) electrons. The van der Waals surface area contributed by atoms with E-state index in [1.807, 2.05) is 104 Å². The Hall–Kier alpha value is -12.7. The standard InChI is InChI=1S/2C17H13N5O3S.C16H12N4O3S.C15H12N6O2S/c1-25-16-6-11(4-5-18-16)14-3-2-12(8-19-14)13-9-20-22(10-13)17-7-15(23)21-26(17)24;1-25-17-13(3-2-6-18-17)14-5-4-11(8-19-14)12-9-20-22(10-12)16-7-15(23)21-26(16)24;21-15-7-16(24(22)19-15)20-9-12-6-13(3-4-14(12)18-20)23-10-11-2-1-5-17-8-11;1-20-8-12(7-17-20)13-3-2-10(5-16-13)11-6-18-21(9-11)15-4-14(22)19-24(15)23/h2*2-10H,1H3,(H,21,23);1-9H,10H2,(H,19,21);2-9H,1H3,(H,19,22). The van der Waals surface area contributed by atoms with Gasteiger partial charge in [0.1, 0.15) is 12.4 Å². The van der Waals surface area contributed by atoms with E-state index in [1.54, 1.807) is 112 Å². The highest BCUT2D eigenvalue weighted by Gasteiger charge is 2.26. The van der Waals surface area contributed by atoms with Crippen LogP contribution in [0.5, 0.6) is 17.5 Å². The molecule has 4 amide bonds. The second-order valence-electron chi connectivity index (χ2n) is 21.2. The van der Waals surface area contributed by atoms with Gasteiger partial charge in [-0.3, -0.25) is 62.7 Å². The van der Waals surface area contributed by atoms with Crippen LogP contribution in [-0.2, 0) is 76.8 Å². The van der Waals surface area contributed by atoms with Gasteiger partial charge in [-0.2, -0.15) is 25.5 Å². The first-order chi connectivity index (χ1) is 48.6. The predicted octanol–water partition coefficient (Wildman–Crippen LogP) is 5.75. The van der Waals surface area contributed by atoms with Crippen LogP contribution in [0.25, 0.3) is 98.2 Å². The van der Waals surface area contributed by atoms with Gasteiger partial charge in [-0.15, -0.1) is 0 Å². The normalized spacial score (nSPS) is 16.6. The predicted molar refractivity (Wildman–Crippen MR) is 369 cm³/mol. The zero-order valence-corrected chi connectivity index (χ0v) is 55.5. The zero-order valence-electron chi connectivity index (χ0n) is 52.2. The van der Waals surface area contributed by atoms with Crippen molar-refractivity contribution in [1.29, 1.82) is 0 Å². The number of benzene rings is 1. The number of nitrogens with one attached hydrogen (secondary N) is 4. The van der Waals surface area contributed by atoms with Gasteiger partial charge in [0.05, 0.1) is 67.2 Å². The zero-order chi connectivity index (χ0) is 69.4. The number of nitrogens with zero attached hydrogens (tertiary/aromatic N) is 16. The fraction of sp³-hybridized carbons (Fsp3) is 0.0615. The van der Waals surface area contributed by atoms with Crippen molar-refractivity contribution in [3.8, 4) is 84.7 Å². The molecule has 0 fully saturated rings. The summed E-state index contributed by atoms with van der Waals surface area (Å²) >= 11 is 0. The highest BCUT2D eigenvalue weighted by Crippen LogP contribution is 2.31. The summed E-state index contributed by atoms with van der Waals surface area (Å²) < 4.78 is 80.0. The number of aryl methyl sites for hydroxylation is 1. The van der Waals surface area contributed by atoms with E-state index in [-0.39, 0.29) is 11.8 Å². The maximum atomic E-state index is 11.8. The number of amides is 4. The lowest BCUT2D eigenvalue weighted by Gasteiger charge is -2.06. The summed E-state index contributed by atoms with van der Waals surface area (Å²) in [6.07, 6.45) is 32.5. The Morgan fingerprint density at radius 1 is 0.430 bits per heavy atom. The molecular weight excluding hydrogens is 1370 g/mol. The molecule has 31 nitrogen and oxygen atoms in total. The summed E-state index contributed by atoms with van der Waals surface area (Å²) in [6, 6.07) is 28.1. The van der Waals surface area contributed by atoms with Gasteiger partial charge in [-0.1, -0.05) is 24.3 Å². The van der Waals surface area contributed by atoms with Crippen molar-refractivity contribution < 1.29 is 50.2 Å². The van der Waals surface area contributed by atoms with Crippen LogP contribution in [0, 0.1) is 0 Å². The Bertz CT molecular complexity index is 5380. The molecule has 4 atom stereocenters. The van der Waals surface area contributed by atoms with Crippen molar-refractivity contribution in [2.24, 2.45) is 7.05 Å². The number of rotatable bonds is 15. The van der Waals surface area contributed by atoms with Gasteiger partial charge in [0.2, 0.25) is 11.8 Å². The van der Waals surface area contributed by atoms with Gasteiger partial charge in [0, 0.05) is 167 Å². The van der Waals surface area contributed by atoms with Gasteiger partial charge >= 0.3 is 0 Å². The monoisotopic (exact) mass is 1410 g/mol. The van der Waals surface area contributed by atoms with Gasteiger partial charge in [0.25, 0.3) is 23.6 Å². The number of ether oxygens (including phenoxy) is 3. The van der Waals surface area contributed by atoms with E-state index >= 15 is 0 Å². The number of hydrogen-bond donors (Lipinski definition) is 4. The molecule has 0 saturated carbocycles. The lowest BCUT2D eigenvalue weighted by molar-refractivity contribution is -0.115. The van der Waals surface area contributed by atoms with Crippen LogP contribution in [0.3, 0.4) is 0 Å². The number of carbonyl (C=O) groups is 4. The number of hydrogen-bond acceptors (Lipinski definition) is 22. The molecule has 4 N–H and O–H groups in total. The molecule has 100 heavy (non-hydrogen) atoms. The topological polar surface area (TPSA) is 379 Å². The molecule has 12 aromatic rings. The average Bonchev–Trinajstić information content (AvgIpc) is 1.66. The van der Waals surface area contributed by atoms with Crippen molar-refractivity contribution >= 4 is 98.6 Å². The van der Waals surface area contributed by atoms with E-state index in [1.165, 1.54) is 43.0 Å². The van der Waals surface area contributed by atoms with Crippen molar-refractivity contribution in [3.63, 3.8) is 0 Å². The number of methoxy groups -OCH3 is 2. The van der Waals surface area contributed by atoms with E-state index in [0.29, 0.717) is 44.2 Å². The summed E-state index contributed by atoms with van der Waals surface area (Å²) in [6.45, 7) is 0.418. The summed E-state index contributed by atoms with van der Waals surface area (Å²) in [4.78, 5) is 70.8. The molecule has 0 spiro atoms. The van der Waals surface area contributed by atoms with E-state index in [2.05, 4.69) is 74.3 Å². The van der Waals surface area contributed by atoms with Crippen LogP contribution >= 0.6 is 0 Å². The van der Waals surface area contributed by atoms with Gasteiger partial charge in [-0.05, 0) is 60.7 Å². The minimum Gasteiger partial charge on any atom is -0.489 e. The van der Waals surface area contributed by atoms with Crippen LogP contribution in [0.1, 0.15) is 5.56 Å². The molecule has 500 valence electrons. The SMILES string of the molecule is COc1cc(-c2ccc(-c3cnn(C4=CC(=O)NS4=O)c3)cn2)ccn1.COc1ncccc1-c1ccc(-c2cnn(C3=CC(=O)NS3=O)c2)cn1.Cn1cc(-c2ccc(-c3cnn(C4=CC(=O)NS4=O)c3)cn2)cn1.O=C1C=C(n2cc3cc(OCc4cccnc4)ccc3n2)S(=O)N1. The second-order valence-corrected chi connectivity index (χ2v) is 25.8. The first kappa shape index (κ1) is 65.9. The molecule has 11 aromatic heterocycles. The Kier molecular flexibility index (Phi) is 19.3. The quantitative estimate of drug-likeness (QED) is 0.0948. The fourth-order valence-electron chi connectivity index (χ4n) is 9.77. The third-order valence-electron chi connectivity index (χ3n) is 14.6. The van der Waals surface area contributed by atoms with Crippen LogP contribution < -0.4 is 33.1 Å². The molecule has 1 aromatic carbocycles. The number of pyridine rings is 6. The Labute approximate surface area is 575 Å². The summed E-state index contributed by atoms with van der Waals surface area (Å²) in [5.41, 5.74) is 11.7. The van der Waals surface area contributed by atoms with Crippen LogP contribution in [0.15, 0.2) is 214 Å². The van der Waals surface area contributed by atoms with Crippen molar-refractivity contribution in [2.75, 3.05) is 14.2 Å². The second kappa shape index (κ2) is 29.3. The highest BCUT2D eigenvalue weighted by atomic mass is 32.2. The van der Waals surface area contributed by atoms with E-state index in [9.17, 15) is 36.0 Å². The first-order valence-electron chi connectivity index (χ1n) is 29.4. The molecule has 15 heterocycles. The van der Waals surface area contributed by atoms with Crippen LogP contribution in [0.2, 0.25) is 0 Å². The molecule has 4 aliphatic heterocycles. The van der Waals surface area contributed by atoms with Crippen LogP contribution in [0.4, 0.5) is 0 Å². The van der Waals surface area contributed by atoms with Crippen molar-refractivity contribution in [2.45, 2.75) is 6.61 Å². The van der Waals surface area contributed by atoms with E-state index < -0.39 is 55.8 Å². The molecule has 0 saturated heterocycles. The number of carbonyl (C=O) groups excluding carboxylic acids is 4. The van der Waals surface area contributed by atoms with Gasteiger partial charge < -0.3 is 14.2 Å². The fourth-order valence-corrected chi connectivity index (χ4v) is 13.1. The average molecular weight is 1420 g/mol. The van der Waals surface area contributed by atoms with Crippen molar-refractivity contribution in [3.05, 3.63) is 220 Å². The Morgan fingerprint density at radius 3 is 1.40 bits per heavy atom. The van der Waals surface area contributed by atoms with Crippen molar-refractivity contribution in [1.82, 2.24) is 97.7 Å². The smallest absolute Gasteiger partial charge is 0.258 e. The maximum absolute atomic E-state index is 11.8. The first-order valence-corrected chi connectivity index (χ1v) is 34.0. The highest BCUT2D eigenvalue weighted by molar-refractivity contribution is 7.94. The molecule has 35 heteroatoms. The number of aromatic nitrogens is 16. The van der Waals surface area contributed by atoms with E-state index in [4.69, 9.17) is 14.2 Å². The summed E-state index contributed by atoms with van der Waals surface area (Å²) in [5, 5.41) is 23.0. The molecule has 16 rings (SSSR count). The van der Waals surface area contributed by atoms with Gasteiger partial charge in [-0.25, -0.2) is 45.5 Å². The third-order valence-corrected chi connectivity index (χ3v) is 18.9. The van der Waals surface area contributed by atoms with Crippen LogP contribution in [-0.4, -0.2) is 133 Å². The van der Waals surface area contributed by atoms with Gasteiger partial charge in [0.15, 0.2) is 64.1 Å². The molecule has 0 bridgehead atoms. The minimum absolute atomic E-state index is 0.297. The molecule has 0 aliphatic carbocycles. The maximum Gasteiger partial charge on any atom is 0.258 e. The van der Waals surface area contributed by atoms with E-state index in [0.717, 1.165) is 83.6 Å². The Morgan fingerprint density at radius 2 is 0.940 bits per heavy atom. The largest absolute Gasteiger partial charge is 0.489 e. The third kappa shape index (κ3) is 15.1. The Balaban J connectivity index is 0.000000120. The lowest BCUT2D eigenvalue weighted by Crippen LogP contribution is -2.17. The minimum atomic E-state index is -1.59. The molecule has 4 unspecified atom stereocenters. The summed E-state index contributed by atoms with van der Waals surface area (Å²) in [7, 11) is -1.35. The number of fused-ring (bicyclic) bond motifs is 1.